The van der Waals surface area contributed by atoms with Gasteiger partial charge >= 0.3 is 0 Å². The van der Waals surface area contributed by atoms with Crippen molar-refractivity contribution < 1.29 is 8.42 Å². The Kier molecular flexibility index (Phi) is 6.46. The quantitative estimate of drug-likeness (QED) is 0.776. The molecular weight excluding hydrogens is 280 g/mol. The van der Waals surface area contributed by atoms with Crippen LogP contribution in [0.25, 0.3) is 0 Å². The van der Waals surface area contributed by atoms with Gasteiger partial charge in [0.15, 0.2) is 0 Å². The summed E-state index contributed by atoms with van der Waals surface area (Å²) in [6.07, 6.45) is 0.842. The summed E-state index contributed by atoms with van der Waals surface area (Å²) >= 11 is 1.28. The standard InChI is InChI=1S/C13H24N2O2S2/c1-5-14-8-12-7-13(18-9-12)19(16,17)15-11(4)6-10(2)3/h7,9-11,14-15H,5-6,8H2,1-4H3. The summed E-state index contributed by atoms with van der Waals surface area (Å²) in [4.78, 5) is 0. The van der Waals surface area contributed by atoms with Crippen molar-refractivity contribution in [2.45, 2.75) is 50.9 Å². The first-order valence-corrected chi connectivity index (χ1v) is 9.02. The lowest BCUT2D eigenvalue weighted by Crippen LogP contribution is -2.33. The molecule has 2 N–H and O–H groups in total. The molecule has 1 aromatic heterocycles. The molecule has 110 valence electrons. The second-order valence-electron chi connectivity index (χ2n) is 5.21. The smallest absolute Gasteiger partial charge is 0.250 e. The molecule has 0 bridgehead atoms. The molecule has 1 atom stereocenters. The molecule has 1 heterocycles. The molecule has 6 heteroatoms. The Hall–Kier alpha value is -0.430. The van der Waals surface area contributed by atoms with E-state index in [-0.39, 0.29) is 6.04 Å². The maximum absolute atomic E-state index is 12.2. The molecule has 0 amide bonds. The van der Waals surface area contributed by atoms with Gasteiger partial charge in [-0.15, -0.1) is 11.3 Å². The highest BCUT2D eigenvalue weighted by molar-refractivity contribution is 7.91. The van der Waals surface area contributed by atoms with Crippen LogP contribution >= 0.6 is 11.3 Å². The Balaban J connectivity index is 2.69. The summed E-state index contributed by atoms with van der Waals surface area (Å²) in [5.74, 6) is 0.477. The van der Waals surface area contributed by atoms with E-state index in [0.717, 1.165) is 18.5 Å². The minimum atomic E-state index is -3.37. The van der Waals surface area contributed by atoms with Crippen LogP contribution < -0.4 is 10.0 Å². The summed E-state index contributed by atoms with van der Waals surface area (Å²) in [5, 5.41) is 5.08. The summed E-state index contributed by atoms with van der Waals surface area (Å²) in [7, 11) is -3.37. The van der Waals surface area contributed by atoms with Gasteiger partial charge in [-0.3, -0.25) is 0 Å². The van der Waals surface area contributed by atoms with E-state index < -0.39 is 10.0 Å². The third-order valence-electron chi connectivity index (χ3n) is 2.65. The molecule has 0 spiro atoms. The molecule has 19 heavy (non-hydrogen) atoms. The molecule has 4 nitrogen and oxygen atoms in total. The van der Waals surface area contributed by atoms with Crippen LogP contribution in [0, 0.1) is 5.92 Å². The molecule has 0 fully saturated rings. The Morgan fingerprint density at radius 2 is 2.00 bits per heavy atom. The van der Waals surface area contributed by atoms with Crippen molar-refractivity contribution in [1.82, 2.24) is 10.0 Å². The number of rotatable bonds is 8. The van der Waals surface area contributed by atoms with E-state index in [2.05, 4.69) is 23.9 Å². The average Bonchev–Trinajstić information content (AvgIpc) is 2.73. The predicted molar refractivity (Wildman–Crippen MR) is 80.9 cm³/mol. The minimum absolute atomic E-state index is 0.0377. The van der Waals surface area contributed by atoms with Crippen LogP contribution in [0.3, 0.4) is 0 Å². The zero-order chi connectivity index (χ0) is 14.5. The number of sulfonamides is 1. The van der Waals surface area contributed by atoms with Crippen molar-refractivity contribution >= 4 is 21.4 Å². The van der Waals surface area contributed by atoms with Crippen molar-refractivity contribution in [3.8, 4) is 0 Å². The Labute approximate surface area is 120 Å². The van der Waals surface area contributed by atoms with Crippen molar-refractivity contribution in [3.63, 3.8) is 0 Å². The van der Waals surface area contributed by atoms with Crippen LogP contribution in [0.1, 0.15) is 39.7 Å². The Morgan fingerprint density at radius 3 is 2.58 bits per heavy atom. The van der Waals surface area contributed by atoms with Gasteiger partial charge in [0.05, 0.1) is 0 Å². The topological polar surface area (TPSA) is 58.2 Å². The lowest BCUT2D eigenvalue weighted by atomic mass is 10.1. The summed E-state index contributed by atoms with van der Waals surface area (Å²) in [5.41, 5.74) is 1.02. The normalized spacial score (nSPS) is 13.9. The lowest BCUT2D eigenvalue weighted by molar-refractivity contribution is 0.483. The van der Waals surface area contributed by atoms with Gasteiger partial charge in [-0.1, -0.05) is 20.8 Å². The van der Waals surface area contributed by atoms with E-state index in [4.69, 9.17) is 0 Å². The Bertz CT molecular complexity index is 481. The third-order valence-corrected chi connectivity index (χ3v) is 5.73. The van der Waals surface area contributed by atoms with Gasteiger partial charge in [0.1, 0.15) is 4.21 Å². The number of thiophene rings is 1. The molecular formula is C13H24N2O2S2. The molecule has 0 aromatic carbocycles. The molecule has 0 saturated heterocycles. The van der Waals surface area contributed by atoms with E-state index in [0.29, 0.717) is 16.7 Å². The largest absolute Gasteiger partial charge is 0.313 e. The maximum Gasteiger partial charge on any atom is 0.250 e. The first-order chi connectivity index (χ1) is 8.85. The van der Waals surface area contributed by atoms with E-state index in [1.807, 2.05) is 19.2 Å². The van der Waals surface area contributed by atoms with Crippen molar-refractivity contribution in [1.29, 1.82) is 0 Å². The first-order valence-electron chi connectivity index (χ1n) is 6.65. The highest BCUT2D eigenvalue weighted by atomic mass is 32.2. The third kappa shape index (κ3) is 5.60. The van der Waals surface area contributed by atoms with Crippen molar-refractivity contribution in [2.24, 2.45) is 5.92 Å². The second-order valence-corrected chi connectivity index (χ2v) is 8.06. The molecule has 0 aliphatic heterocycles. The zero-order valence-electron chi connectivity index (χ0n) is 12.1. The molecule has 0 aliphatic rings. The minimum Gasteiger partial charge on any atom is -0.313 e. The summed E-state index contributed by atoms with van der Waals surface area (Å²) in [6, 6.07) is 1.71. The monoisotopic (exact) mass is 304 g/mol. The fourth-order valence-electron chi connectivity index (χ4n) is 1.93. The lowest BCUT2D eigenvalue weighted by Gasteiger charge is -2.15. The van der Waals surface area contributed by atoms with Gasteiger partial charge in [0.2, 0.25) is 10.0 Å². The summed E-state index contributed by atoms with van der Waals surface area (Å²) < 4.78 is 27.5. The molecule has 1 rings (SSSR count). The van der Waals surface area contributed by atoms with Gasteiger partial charge in [0.25, 0.3) is 0 Å². The van der Waals surface area contributed by atoms with E-state index in [1.165, 1.54) is 11.3 Å². The first kappa shape index (κ1) is 16.6. The van der Waals surface area contributed by atoms with Crippen LogP contribution in [0.5, 0.6) is 0 Å². The van der Waals surface area contributed by atoms with Crippen molar-refractivity contribution in [3.05, 3.63) is 17.0 Å². The fourth-order valence-corrected chi connectivity index (χ4v) is 4.42. The number of nitrogens with one attached hydrogen (secondary N) is 2. The van der Waals surface area contributed by atoms with Gasteiger partial charge in [-0.25, -0.2) is 13.1 Å². The predicted octanol–water partition coefficient (Wildman–Crippen LogP) is 2.57. The fraction of sp³-hybridized carbons (Fsp3) is 0.692. The average molecular weight is 304 g/mol. The highest BCUT2D eigenvalue weighted by Gasteiger charge is 2.19. The van der Waals surface area contributed by atoms with E-state index >= 15 is 0 Å². The van der Waals surface area contributed by atoms with Crippen molar-refractivity contribution in [2.75, 3.05) is 6.54 Å². The van der Waals surface area contributed by atoms with E-state index in [9.17, 15) is 8.42 Å². The zero-order valence-corrected chi connectivity index (χ0v) is 13.7. The van der Waals surface area contributed by atoms with Crippen LogP contribution in [-0.4, -0.2) is 21.0 Å². The molecule has 0 radical (unpaired) electrons. The molecule has 0 aliphatic carbocycles. The van der Waals surface area contributed by atoms with Gasteiger partial charge < -0.3 is 5.32 Å². The second kappa shape index (κ2) is 7.38. The van der Waals surface area contributed by atoms with Crippen LogP contribution in [-0.2, 0) is 16.6 Å². The van der Waals surface area contributed by atoms with Crippen LogP contribution in [0.4, 0.5) is 0 Å². The molecule has 0 saturated carbocycles. The summed E-state index contributed by atoms with van der Waals surface area (Å²) in [6.45, 7) is 9.70. The SMILES string of the molecule is CCNCc1csc(S(=O)(=O)NC(C)CC(C)C)c1. The van der Waals surface area contributed by atoms with Crippen LogP contribution in [0.2, 0.25) is 0 Å². The maximum atomic E-state index is 12.2. The molecule has 1 aromatic rings. The van der Waals surface area contributed by atoms with Gasteiger partial charge in [-0.05, 0) is 42.8 Å². The number of hydrogen-bond donors (Lipinski definition) is 2. The number of hydrogen-bond acceptors (Lipinski definition) is 4. The van der Waals surface area contributed by atoms with Gasteiger partial charge in [-0.2, -0.15) is 0 Å². The van der Waals surface area contributed by atoms with E-state index in [1.54, 1.807) is 6.07 Å². The Morgan fingerprint density at radius 1 is 1.32 bits per heavy atom. The van der Waals surface area contributed by atoms with Gasteiger partial charge in [0, 0.05) is 12.6 Å². The molecule has 1 unspecified atom stereocenters. The van der Waals surface area contributed by atoms with Crippen LogP contribution in [0.15, 0.2) is 15.7 Å². The highest BCUT2D eigenvalue weighted by Crippen LogP contribution is 2.21.